The van der Waals surface area contributed by atoms with E-state index in [-0.39, 0.29) is 18.2 Å². The summed E-state index contributed by atoms with van der Waals surface area (Å²) in [6, 6.07) is 8.51. The summed E-state index contributed by atoms with van der Waals surface area (Å²) in [4.78, 5) is 1.24. The molecule has 0 saturated heterocycles. The van der Waals surface area contributed by atoms with Crippen molar-refractivity contribution in [3.63, 3.8) is 0 Å². The van der Waals surface area contributed by atoms with Crippen molar-refractivity contribution in [2.75, 3.05) is 18.9 Å². The molecule has 0 saturated carbocycles. The molecule has 0 bridgehead atoms. The van der Waals surface area contributed by atoms with E-state index in [0.717, 1.165) is 24.5 Å². The van der Waals surface area contributed by atoms with Gasteiger partial charge in [0.25, 0.3) is 0 Å². The number of nitrogens with one attached hydrogen (secondary N) is 1. The van der Waals surface area contributed by atoms with Crippen LogP contribution in [-0.4, -0.2) is 37.2 Å². The van der Waals surface area contributed by atoms with Crippen molar-refractivity contribution in [3.05, 3.63) is 24.3 Å². The Morgan fingerprint density at radius 2 is 2.20 bits per heavy atom. The average Bonchev–Trinajstić information content (AvgIpc) is 2.46. The lowest BCUT2D eigenvalue weighted by Crippen LogP contribution is -2.49. The minimum atomic E-state index is 0.167. The van der Waals surface area contributed by atoms with Crippen LogP contribution < -0.4 is 10.1 Å². The third-order valence-electron chi connectivity index (χ3n) is 3.25. The van der Waals surface area contributed by atoms with Crippen LogP contribution in [0.4, 0.5) is 0 Å². The van der Waals surface area contributed by atoms with Crippen LogP contribution in [0, 0.1) is 0 Å². The molecule has 112 valence electrons. The summed E-state index contributed by atoms with van der Waals surface area (Å²) >= 11 is 1.87. The Hall–Kier alpha value is -0.710. The summed E-state index contributed by atoms with van der Waals surface area (Å²) in [5, 5.41) is 3.56. The van der Waals surface area contributed by atoms with E-state index in [2.05, 4.69) is 44.3 Å². The number of benzene rings is 1. The zero-order valence-electron chi connectivity index (χ0n) is 12.6. The Kier molecular flexibility index (Phi) is 6.20. The molecule has 0 amide bonds. The minimum Gasteiger partial charge on any atom is -0.487 e. The van der Waals surface area contributed by atoms with E-state index in [1.54, 1.807) is 0 Å². The number of thioether (sulfide) groups is 1. The summed E-state index contributed by atoms with van der Waals surface area (Å²) in [5.74, 6) is 1.97. The standard InChI is InChI=1S/C16H25NO2S/c1-4-9-17-13(10-18-12(2)3)15-11-20-16-8-6-5-7-14(16)19-15/h5-8,12-13,15,17H,4,9-11H2,1-3H3. The molecule has 0 aromatic heterocycles. The molecule has 1 aliphatic rings. The molecular formula is C16H25NO2S. The molecule has 4 heteroatoms. The van der Waals surface area contributed by atoms with E-state index in [1.165, 1.54) is 4.90 Å². The maximum absolute atomic E-state index is 6.16. The molecule has 0 spiro atoms. The van der Waals surface area contributed by atoms with Crippen LogP contribution in [0.1, 0.15) is 27.2 Å². The van der Waals surface area contributed by atoms with Gasteiger partial charge in [0.15, 0.2) is 0 Å². The third-order valence-corrected chi connectivity index (χ3v) is 4.39. The van der Waals surface area contributed by atoms with Crippen LogP contribution in [0.2, 0.25) is 0 Å². The normalized spacial score (nSPS) is 19.5. The van der Waals surface area contributed by atoms with Crippen LogP contribution in [-0.2, 0) is 4.74 Å². The molecule has 2 atom stereocenters. The largest absolute Gasteiger partial charge is 0.487 e. The maximum Gasteiger partial charge on any atom is 0.133 e. The van der Waals surface area contributed by atoms with Gasteiger partial charge in [0.1, 0.15) is 11.9 Å². The first-order valence-corrected chi connectivity index (χ1v) is 8.42. The van der Waals surface area contributed by atoms with E-state index in [1.807, 2.05) is 17.8 Å². The molecule has 2 rings (SSSR count). The van der Waals surface area contributed by atoms with Gasteiger partial charge in [0.05, 0.1) is 18.8 Å². The number of ether oxygens (including phenoxy) is 2. The lowest BCUT2D eigenvalue weighted by Gasteiger charge is -2.32. The summed E-state index contributed by atoms with van der Waals surface area (Å²) in [6.07, 6.45) is 1.54. The number of hydrogen-bond acceptors (Lipinski definition) is 4. The number of rotatable bonds is 7. The molecule has 1 aromatic rings. The first-order chi connectivity index (χ1) is 9.70. The highest BCUT2D eigenvalue weighted by Crippen LogP contribution is 2.35. The van der Waals surface area contributed by atoms with Crippen molar-refractivity contribution in [1.82, 2.24) is 5.32 Å². The number of para-hydroxylation sites is 1. The monoisotopic (exact) mass is 295 g/mol. The Morgan fingerprint density at radius 1 is 1.40 bits per heavy atom. The fraction of sp³-hybridized carbons (Fsp3) is 0.625. The van der Waals surface area contributed by atoms with Crippen molar-refractivity contribution >= 4 is 11.8 Å². The lowest BCUT2D eigenvalue weighted by atomic mass is 10.1. The van der Waals surface area contributed by atoms with E-state index in [0.29, 0.717) is 6.61 Å². The molecule has 0 aliphatic carbocycles. The molecule has 1 aliphatic heterocycles. The van der Waals surface area contributed by atoms with E-state index in [4.69, 9.17) is 9.47 Å². The first kappa shape index (κ1) is 15.7. The van der Waals surface area contributed by atoms with Gasteiger partial charge < -0.3 is 14.8 Å². The Morgan fingerprint density at radius 3 is 2.95 bits per heavy atom. The highest BCUT2D eigenvalue weighted by molar-refractivity contribution is 7.99. The molecule has 1 aromatic carbocycles. The van der Waals surface area contributed by atoms with Crippen LogP contribution in [0.5, 0.6) is 5.75 Å². The van der Waals surface area contributed by atoms with Crippen LogP contribution >= 0.6 is 11.8 Å². The van der Waals surface area contributed by atoms with Crippen molar-refractivity contribution in [2.24, 2.45) is 0 Å². The SMILES string of the molecule is CCCNC(COC(C)C)C1CSc2ccccc2O1. The van der Waals surface area contributed by atoms with E-state index in [9.17, 15) is 0 Å². The Labute approximate surface area is 126 Å². The molecule has 0 radical (unpaired) electrons. The maximum atomic E-state index is 6.16. The molecular weight excluding hydrogens is 270 g/mol. The van der Waals surface area contributed by atoms with Gasteiger partial charge in [0.2, 0.25) is 0 Å². The second kappa shape index (κ2) is 7.91. The van der Waals surface area contributed by atoms with E-state index < -0.39 is 0 Å². The summed E-state index contributed by atoms with van der Waals surface area (Å²) < 4.78 is 12.0. The topological polar surface area (TPSA) is 30.5 Å². The zero-order valence-corrected chi connectivity index (χ0v) is 13.4. The van der Waals surface area contributed by atoms with Gasteiger partial charge in [-0.2, -0.15) is 0 Å². The smallest absolute Gasteiger partial charge is 0.133 e. The Bertz CT molecular complexity index is 411. The van der Waals surface area contributed by atoms with Crippen molar-refractivity contribution < 1.29 is 9.47 Å². The Balaban J connectivity index is 1.98. The van der Waals surface area contributed by atoms with Crippen LogP contribution in [0.15, 0.2) is 29.2 Å². The number of fused-ring (bicyclic) bond motifs is 1. The molecule has 1 N–H and O–H groups in total. The predicted molar refractivity (Wildman–Crippen MR) is 84.8 cm³/mol. The quantitative estimate of drug-likeness (QED) is 0.836. The second-order valence-corrected chi connectivity index (χ2v) is 6.42. The van der Waals surface area contributed by atoms with Crippen molar-refractivity contribution in [2.45, 2.75) is 50.3 Å². The van der Waals surface area contributed by atoms with Gasteiger partial charge in [-0.1, -0.05) is 19.1 Å². The highest BCUT2D eigenvalue weighted by Gasteiger charge is 2.28. The fourth-order valence-electron chi connectivity index (χ4n) is 2.16. The third kappa shape index (κ3) is 4.40. The molecule has 1 heterocycles. The van der Waals surface area contributed by atoms with Crippen LogP contribution in [0.25, 0.3) is 0 Å². The molecule has 0 fully saturated rings. The first-order valence-electron chi connectivity index (χ1n) is 7.44. The predicted octanol–water partition coefficient (Wildman–Crippen LogP) is 3.33. The van der Waals surface area contributed by atoms with Crippen molar-refractivity contribution in [1.29, 1.82) is 0 Å². The fourth-order valence-corrected chi connectivity index (χ4v) is 3.24. The molecule has 3 nitrogen and oxygen atoms in total. The minimum absolute atomic E-state index is 0.167. The average molecular weight is 295 g/mol. The van der Waals surface area contributed by atoms with Crippen molar-refractivity contribution in [3.8, 4) is 5.75 Å². The van der Waals surface area contributed by atoms with Gasteiger partial charge in [-0.05, 0) is 38.9 Å². The van der Waals surface area contributed by atoms with Gasteiger partial charge in [0, 0.05) is 10.6 Å². The second-order valence-electron chi connectivity index (χ2n) is 5.36. The summed E-state index contributed by atoms with van der Waals surface area (Å²) in [6.45, 7) is 8.02. The highest BCUT2D eigenvalue weighted by atomic mass is 32.2. The van der Waals surface area contributed by atoms with E-state index >= 15 is 0 Å². The lowest BCUT2D eigenvalue weighted by molar-refractivity contribution is 0.0318. The van der Waals surface area contributed by atoms with Gasteiger partial charge in [-0.3, -0.25) is 0 Å². The van der Waals surface area contributed by atoms with Gasteiger partial charge in [-0.15, -0.1) is 11.8 Å². The zero-order chi connectivity index (χ0) is 14.4. The number of hydrogen-bond donors (Lipinski definition) is 1. The van der Waals surface area contributed by atoms with Gasteiger partial charge >= 0.3 is 0 Å². The van der Waals surface area contributed by atoms with Gasteiger partial charge in [-0.25, -0.2) is 0 Å². The van der Waals surface area contributed by atoms with Crippen LogP contribution in [0.3, 0.4) is 0 Å². The molecule has 2 unspecified atom stereocenters. The summed E-state index contributed by atoms with van der Waals surface area (Å²) in [5.41, 5.74) is 0. The molecule has 20 heavy (non-hydrogen) atoms. The summed E-state index contributed by atoms with van der Waals surface area (Å²) in [7, 11) is 0.